The number of amides is 2. The Balaban J connectivity index is 1.24. The average Bonchev–Trinajstić information content (AvgIpc) is 3.41. The molecule has 3 aromatic heterocycles. The van der Waals surface area contributed by atoms with Gasteiger partial charge in [0.1, 0.15) is 17.8 Å². The highest BCUT2D eigenvalue weighted by Crippen LogP contribution is 2.24. The molecule has 2 amide bonds. The van der Waals surface area contributed by atoms with Gasteiger partial charge < -0.3 is 25.8 Å². The predicted molar refractivity (Wildman–Crippen MR) is 158 cm³/mol. The molecule has 10 heteroatoms. The van der Waals surface area contributed by atoms with E-state index in [1.165, 1.54) is 12.4 Å². The van der Waals surface area contributed by atoms with Gasteiger partial charge in [0.05, 0.1) is 5.69 Å². The van der Waals surface area contributed by atoms with E-state index in [0.29, 0.717) is 29.3 Å². The van der Waals surface area contributed by atoms with Crippen LogP contribution in [0.2, 0.25) is 0 Å². The molecule has 0 radical (unpaired) electrons. The number of benzene rings is 2. The molecule has 0 saturated heterocycles. The molecule has 0 unspecified atom stereocenters. The van der Waals surface area contributed by atoms with Gasteiger partial charge in [-0.25, -0.2) is 15.0 Å². The van der Waals surface area contributed by atoms with Crippen LogP contribution in [0.15, 0.2) is 97.6 Å². The molecule has 4 N–H and O–H groups in total. The molecule has 5 aromatic rings. The standard InChI is InChI=1S/C30H28N8O2/c1-38(2)13-5-10-28(39)36-23-7-3-6-21(15-23)30(40)37-25-9-4-8-24(16-25)35-27-17-26(33-19-34-27)22-14-20-11-12-31-29(20)32-18-22/h3-12,14-19H,13H2,1-2H3,(H,31,32)(H,36,39)(H,37,40)(H,33,34,35)/b10-5+. The van der Waals surface area contributed by atoms with Gasteiger partial charge in [-0.2, -0.15) is 0 Å². The summed E-state index contributed by atoms with van der Waals surface area (Å²) in [5, 5.41) is 9.96. The smallest absolute Gasteiger partial charge is 0.255 e. The van der Waals surface area contributed by atoms with Crippen molar-refractivity contribution in [2.24, 2.45) is 0 Å². The van der Waals surface area contributed by atoms with Crippen LogP contribution >= 0.6 is 0 Å². The number of fused-ring (bicyclic) bond motifs is 1. The van der Waals surface area contributed by atoms with Crippen LogP contribution in [0.5, 0.6) is 0 Å². The van der Waals surface area contributed by atoms with E-state index < -0.39 is 0 Å². The molecule has 3 heterocycles. The molecule has 200 valence electrons. The summed E-state index contributed by atoms with van der Waals surface area (Å²) in [4.78, 5) is 43.3. The second-order valence-corrected chi connectivity index (χ2v) is 9.32. The summed E-state index contributed by atoms with van der Waals surface area (Å²) in [6, 6.07) is 19.9. The Morgan fingerprint density at radius 1 is 0.900 bits per heavy atom. The highest BCUT2D eigenvalue weighted by Gasteiger charge is 2.10. The summed E-state index contributed by atoms with van der Waals surface area (Å²) in [5.74, 6) is 0.0476. The lowest BCUT2D eigenvalue weighted by molar-refractivity contribution is -0.111. The maximum atomic E-state index is 13.0. The summed E-state index contributed by atoms with van der Waals surface area (Å²) >= 11 is 0. The van der Waals surface area contributed by atoms with Gasteiger partial charge in [0.2, 0.25) is 5.91 Å². The number of likely N-dealkylation sites (N-methyl/N-ethyl adjacent to an activating group) is 1. The molecular formula is C30H28N8O2. The number of carbonyl (C=O) groups is 2. The molecule has 0 fully saturated rings. The van der Waals surface area contributed by atoms with Crippen LogP contribution in [0.3, 0.4) is 0 Å². The van der Waals surface area contributed by atoms with E-state index in [0.717, 1.165) is 28.0 Å². The number of hydrogen-bond donors (Lipinski definition) is 4. The number of aromatic nitrogens is 4. The molecule has 0 aliphatic rings. The molecule has 0 aliphatic heterocycles. The third-order valence-electron chi connectivity index (χ3n) is 5.89. The predicted octanol–water partition coefficient (Wildman–Crippen LogP) is 5.07. The average molecular weight is 533 g/mol. The zero-order valence-corrected chi connectivity index (χ0v) is 22.1. The van der Waals surface area contributed by atoms with Gasteiger partial charge in [-0.3, -0.25) is 9.59 Å². The minimum atomic E-state index is -0.298. The van der Waals surface area contributed by atoms with Crippen LogP contribution in [-0.2, 0) is 4.79 Å². The molecule has 0 bridgehead atoms. The minimum Gasteiger partial charge on any atom is -0.346 e. The fraction of sp³-hybridized carbons (Fsp3) is 0.100. The van der Waals surface area contributed by atoms with E-state index in [9.17, 15) is 9.59 Å². The molecule has 5 rings (SSSR count). The lowest BCUT2D eigenvalue weighted by Gasteiger charge is -2.11. The van der Waals surface area contributed by atoms with E-state index >= 15 is 0 Å². The van der Waals surface area contributed by atoms with E-state index in [-0.39, 0.29) is 11.8 Å². The van der Waals surface area contributed by atoms with Gasteiger partial charge in [-0.15, -0.1) is 0 Å². The van der Waals surface area contributed by atoms with Gasteiger partial charge in [0.25, 0.3) is 5.91 Å². The summed E-state index contributed by atoms with van der Waals surface area (Å²) in [7, 11) is 3.85. The van der Waals surface area contributed by atoms with Crippen LogP contribution in [-0.4, -0.2) is 57.3 Å². The fourth-order valence-electron chi connectivity index (χ4n) is 3.98. The third kappa shape index (κ3) is 6.74. The van der Waals surface area contributed by atoms with Gasteiger partial charge in [0.15, 0.2) is 0 Å². The third-order valence-corrected chi connectivity index (χ3v) is 5.89. The van der Waals surface area contributed by atoms with E-state index in [4.69, 9.17) is 0 Å². The second kappa shape index (κ2) is 12.0. The highest BCUT2D eigenvalue weighted by molar-refractivity contribution is 6.06. The second-order valence-electron chi connectivity index (χ2n) is 9.32. The van der Waals surface area contributed by atoms with Crippen molar-refractivity contribution in [1.82, 2.24) is 24.8 Å². The van der Waals surface area contributed by atoms with E-state index in [2.05, 4.69) is 35.9 Å². The number of hydrogen-bond acceptors (Lipinski definition) is 7. The summed E-state index contributed by atoms with van der Waals surface area (Å²) < 4.78 is 0. The fourth-order valence-corrected chi connectivity index (χ4v) is 3.98. The highest BCUT2D eigenvalue weighted by atomic mass is 16.2. The van der Waals surface area contributed by atoms with Crippen LogP contribution in [0.4, 0.5) is 22.9 Å². The summed E-state index contributed by atoms with van der Waals surface area (Å²) in [6.07, 6.45) is 8.36. The Hall–Kier alpha value is -5.35. The van der Waals surface area contributed by atoms with Gasteiger partial charge in [0, 0.05) is 64.7 Å². The number of aromatic amines is 1. The van der Waals surface area contributed by atoms with Crippen molar-refractivity contribution in [3.8, 4) is 11.3 Å². The molecule has 0 saturated carbocycles. The van der Waals surface area contributed by atoms with Crippen molar-refractivity contribution < 1.29 is 9.59 Å². The van der Waals surface area contributed by atoms with Gasteiger partial charge in [-0.05, 0) is 62.6 Å². The Kier molecular flexibility index (Phi) is 7.89. The monoisotopic (exact) mass is 532 g/mol. The van der Waals surface area contributed by atoms with Crippen LogP contribution in [0.1, 0.15) is 10.4 Å². The number of rotatable bonds is 9. The number of H-pyrrole nitrogens is 1. The first-order valence-corrected chi connectivity index (χ1v) is 12.6. The lowest BCUT2D eigenvalue weighted by atomic mass is 10.1. The number of nitrogens with one attached hydrogen (secondary N) is 4. The minimum absolute atomic E-state index is 0.257. The first-order valence-electron chi connectivity index (χ1n) is 12.6. The maximum Gasteiger partial charge on any atom is 0.255 e. The molecule has 2 aromatic carbocycles. The summed E-state index contributed by atoms with van der Waals surface area (Å²) in [6.45, 7) is 0.657. The quantitative estimate of drug-likeness (QED) is 0.195. The van der Waals surface area contributed by atoms with Crippen molar-refractivity contribution in [1.29, 1.82) is 0 Å². The van der Waals surface area contributed by atoms with Crippen molar-refractivity contribution >= 4 is 45.7 Å². The SMILES string of the molecule is CN(C)C/C=C/C(=O)Nc1cccc(C(=O)Nc2cccc(Nc3cc(-c4cnc5[nH]ccc5c4)ncn3)c2)c1. The van der Waals surface area contributed by atoms with Crippen molar-refractivity contribution in [2.75, 3.05) is 36.6 Å². The number of carbonyl (C=O) groups excluding carboxylic acids is 2. The van der Waals surface area contributed by atoms with E-state index in [1.807, 2.05) is 61.6 Å². The number of nitrogens with zero attached hydrogens (tertiary/aromatic N) is 4. The molecular weight excluding hydrogens is 504 g/mol. The maximum absolute atomic E-state index is 13.0. The van der Waals surface area contributed by atoms with Crippen LogP contribution < -0.4 is 16.0 Å². The normalized spacial score (nSPS) is 11.2. The van der Waals surface area contributed by atoms with Gasteiger partial charge in [-0.1, -0.05) is 18.2 Å². The van der Waals surface area contributed by atoms with Crippen LogP contribution in [0.25, 0.3) is 22.3 Å². The Labute approximate surface area is 231 Å². The van der Waals surface area contributed by atoms with Crippen molar-refractivity contribution in [3.63, 3.8) is 0 Å². The number of pyridine rings is 1. The molecule has 40 heavy (non-hydrogen) atoms. The Morgan fingerprint density at radius 2 is 1.70 bits per heavy atom. The molecule has 10 nitrogen and oxygen atoms in total. The molecule has 0 atom stereocenters. The van der Waals surface area contributed by atoms with Crippen LogP contribution in [0, 0.1) is 0 Å². The Morgan fingerprint density at radius 3 is 2.55 bits per heavy atom. The first kappa shape index (κ1) is 26.3. The van der Waals surface area contributed by atoms with Crippen molar-refractivity contribution in [3.05, 3.63) is 103 Å². The number of anilines is 4. The van der Waals surface area contributed by atoms with Gasteiger partial charge >= 0.3 is 0 Å². The zero-order chi connectivity index (χ0) is 27.9. The largest absolute Gasteiger partial charge is 0.346 e. The molecule has 0 aliphatic carbocycles. The summed E-state index contributed by atoms with van der Waals surface area (Å²) in [5.41, 5.74) is 4.73. The zero-order valence-electron chi connectivity index (χ0n) is 22.1. The topological polar surface area (TPSA) is 128 Å². The van der Waals surface area contributed by atoms with E-state index in [1.54, 1.807) is 42.6 Å². The Bertz CT molecular complexity index is 1690. The molecule has 0 spiro atoms. The lowest BCUT2D eigenvalue weighted by Crippen LogP contribution is -2.14. The first-order chi connectivity index (χ1) is 19.4. The van der Waals surface area contributed by atoms with Crippen molar-refractivity contribution in [2.45, 2.75) is 0 Å².